The monoisotopic (exact) mass is 1190 g/mol. The minimum atomic E-state index is -1.88. The number of halogens is 2. The van der Waals surface area contributed by atoms with E-state index in [0.717, 1.165) is 22.1 Å². The quantitative estimate of drug-likeness (QED) is 0.0454. The molecule has 0 aromatic heterocycles. The second kappa shape index (κ2) is 28.8. The zero-order chi connectivity index (χ0) is 60.9. The molecule has 4 bridgehead atoms. The predicted molar refractivity (Wildman–Crippen MR) is 312 cm³/mol. The second-order valence-corrected chi connectivity index (χ2v) is 22.7. The number of hydrogen-bond acceptors (Lipinski definition) is 14. The topological polar surface area (TPSA) is 310 Å². The summed E-state index contributed by atoms with van der Waals surface area (Å²) in [6.45, 7) is 9.83. The Labute approximate surface area is 492 Å². The third-order valence-corrected chi connectivity index (χ3v) is 16.4. The number of carbonyl (C=O) groups excluding carboxylic acids is 8. The Kier molecular flexibility index (Phi) is 22.5. The molecule has 3 heterocycles. The van der Waals surface area contributed by atoms with Gasteiger partial charge < -0.3 is 61.3 Å². The molecule has 0 radical (unpaired) electrons. The van der Waals surface area contributed by atoms with Crippen LogP contribution >= 0.6 is 23.8 Å². The number of nitrogens with zero attached hydrogens (tertiary/aromatic N) is 2. The van der Waals surface area contributed by atoms with Crippen LogP contribution in [0.3, 0.4) is 0 Å². The summed E-state index contributed by atoms with van der Waals surface area (Å²) in [5, 5.41) is 31.1. The second-order valence-electron chi connectivity index (χ2n) is 21.9. The van der Waals surface area contributed by atoms with Crippen LogP contribution in [0.4, 0.5) is 35.8 Å². The van der Waals surface area contributed by atoms with Gasteiger partial charge in [-0.3, -0.25) is 39.5 Å². The third-order valence-electron chi connectivity index (χ3n) is 15.7. The largest absolute Gasteiger partial charge is 0.495 e. The van der Waals surface area contributed by atoms with E-state index in [-0.39, 0.29) is 83.9 Å². The fourth-order valence-corrected chi connectivity index (χ4v) is 11.4. The van der Waals surface area contributed by atoms with Crippen molar-refractivity contribution in [3.63, 3.8) is 0 Å². The number of aliphatic hydroxyl groups is 1. The van der Waals surface area contributed by atoms with Gasteiger partial charge >= 0.3 is 18.2 Å². The summed E-state index contributed by atoms with van der Waals surface area (Å²) in [6, 6.07) is 4.06. The van der Waals surface area contributed by atoms with Gasteiger partial charge in [0.2, 0.25) is 17.7 Å². The zero-order valence-electron chi connectivity index (χ0n) is 47.9. The van der Waals surface area contributed by atoms with Crippen molar-refractivity contribution in [3.8, 4) is 5.75 Å². The number of methoxy groups -OCH3 is 2. The van der Waals surface area contributed by atoms with Gasteiger partial charge in [0, 0.05) is 63.5 Å². The summed E-state index contributed by atoms with van der Waals surface area (Å²) in [5.74, 6) is -4.38. The normalized spacial score (nSPS) is 25.3. The average Bonchev–Trinajstić information content (AvgIpc) is 3.91. The van der Waals surface area contributed by atoms with Crippen molar-refractivity contribution in [1.29, 1.82) is 0 Å². The first-order valence-electron chi connectivity index (χ1n) is 27.5. The molecule has 83 heavy (non-hydrogen) atoms. The van der Waals surface area contributed by atoms with E-state index >= 15 is 4.39 Å². The van der Waals surface area contributed by atoms with Gasteiger partial charge in [-0.25, -0.2) is 18.8 Å². The van der Waals surface area contributed by atoms with Crippen LogP contribution in [0.1, 0.15) is 91.5 Å². The highest BCUT2D eigenvalue weighted by molar-refractivity contribution is 7.80. The lowest BCUT2D eigenvalue weighted by Crippen LogP contribution is -2.64. The van der Waals surface area contributed by atoms with Gasteiger partial charge in [0.15, 0.2) is 10.8 Å². The summed E-state index contributed by atoms with van der Waals surface area (Å²) in [6.07, 6.45) is 4.91. The molecule has 6 rings (SSSR count). The molecule has 26 heteroatoms. The smallest absolute Gasteiger partial charge is 0.412 e. The van der Waals surface area contributed by atoms with E-state index in [1.165, 1.54) is 43.4 Å². The number of urea groups is 1. The molecule has 9 atom stereocenters. The van der Waals surface area contributed by atoms with E-state index in [4.69, 9.17) is 48.5 Å². The van der Waals surface area contributed by atoms with Gasteiger partial charge in [-0.05, 0) is 118 Å². The molecule has 3 aliphatic heterocycles. The first-order chi connectivity index (χ1) is 39.3. The number of carbonyl (C=O) groups is 8. The number of allylic oxidation sites excluding steroid dienone is 3. The first kappa shape index (κ1) is 64.8. The maximum atomic E-state index is 16.1. The van der Waals surface area contributed by atoms with Gasteiger partial charge in [0.25, 0.3) is 11.8 Å². The van der Waals surface area contributed by atoms with Gasteiger partial charge in [0.1, 0.15) is 47.0 Å². The number of thiocarbonyl (C=S) groups is 1. The highest BCUT2D eigenvalue weighted by atomic mass is 35.5. The van der Waals surface area contributed by atoms with Gasteiger partial charge in [-0.15, -0.1) is 0 Å². The molecule has 0 spiro atoms. The van der Waals surface area contributed by atoms with Crippen molar-refractivity contribution in [3.05, 3.63) is 82.7 Å². The maximum absolute atomic E-state index is 16.1. The van der Waals surface area contributed by atoms with Crippen LogP contribution in [0.25, 0.3) is 0 Å². The van der Waals surface area contributed by atoms with E-state index in [0.29, 0.717) is 50.1 Å². The van der Waals surface area contributed by atoms with Crippen LogP contribution in [0.5, 0.6) is 5.75 Å². The molecule has 2 fully saturated rings. The van der Waals surface area contributed by atoms with E-state index in [1.807, 2.05) is 26.8 Å². The molecule has 1 saturated heterocycles. The molecular weight excluding hydrogens is 1120 g/mol. The van der Waals surface area contributed by atoms with Crippen molar-refractivity contribution in [1.82, 2.24) is 31.5 Å². The number of rotatable bonds is 19. The molecule has 0 unspecified atom stereocenters. The molecular formula is C57H76ClFN10O13S. The fourth-order valence-electron chi connectivity index (χ4n) is 10.8. The van der Waals surface area contributed by atoms with Crippen LogP contribution in [-0.4, -0.2) is 140 Å². The van der Waals surface area contributed by atoms with E-state index in [2.05, 4.69) is 37.2 Å². The lowest BCUT2D eigenvalue weighted by Gasteiger charge is -2.55. The number of primary amides is 1. The van der Waals surface area contributed by atoms with Gasteiger partial charge in [-0.1, -0.05) is 63.1 Å². The first-order valence-corrected chi connectivity index (χ1v) is 28.3. The fraction of sp³-hybridized carbons (Fsp3) is 0.526. The molecule has 2 aromatic carbocycles. The summed E-state index contributed by atoms with van der Waals surface area (Å²) >= 11 is 12.3. The summed E-state index contributed by atoms with van der Waals surface area (Å²) in [4.78, 5) is 107. The Morgan fingerprint density at radius 2 is 1.71 bits per heavy atom. The van der Waals surface area contributed by atoms with Gasteiger partial charge in [0.05, 0.1) is 24.9 Å². The van der Waals surface area contributed by atoms with Gasteiger partial charge in [-0.2, -0.15) is 0 Å². The number of amides is 9. The van der Waals surface area contributed by atoms with E-state index < -0.39 is 89.2 Å². The number of benzene rings is 2. The Morgan fingerprint density at radius 1 is 1.00 bits per heavy atom. The number of unbranched alkanes of at least 4 members (excludes halogenated alkanes) is 1. The molecule has 4 aliphatic rings. The van der Waals surface area contributed by atoms with Crippen LogP contribution in [0, 0.1) is 29.0 Å². The van der Waals surface area contributed by atoms with Crippen molar-refractivity contribution in [2.24, 2.45) is 28.9 Å². The summed E-state index contributed by atoms with van der Waals surface area (Å²) in [7, 11) is 4.41. The molecule has 1 saturated carbocycles. The number of ether oxygens (including phenoxy) is 4. The lowest BCUT2D eigenvalue weighted by molar-refractivity contribution is -0.166. The van der Waals surface area contributed by atoms with E-state index in [9.17, 15) is 43.5 Å². The Bertz CT molecular complexity index is 2880. The zero-order valence-corrected chi connectivity index (χ0v) is 49.4. The number of imide groups is 1. The summed E-state index contributed by atoms with van der Waals surface area (Å²) in [5.41, 5.74) is 3.99. The minimum Gasteiger partial charge on any atom is -0.495 e. The maximum Gasteiger partial charge on any atom is 0.412 e. The van der Waals surface area contributed by atoms with Crippen molar-refractivity contribution in [2.75, 3.05) is 56.4 Å². The number of hydrogen-bond donors (Lipinski definition) is 9. The molecule has 9 amide bonds. The average molecular weight is 1200 g/mol. The predicted octanol–water partition coefficient (Wildman–Crippen LogP) is 5.84. The Hall–Kier alpha value is -7.35. The molecule has 2 aromatic rings. The highest BCUT2D eigenvalue weighted by Gasteiger charge is 2.57. The van der Waals surface area contributed by atoms with E-state index in [1.54, 1.807) is 45.2 Å². The number of nitrogens with one attached hydrogen (secondary N) is 7. The molecule has 23 nitrogen and oxygen atoms in total. The lowest BCUT2D eigenvalue weighted by atomic mass is 9.53. The van der Waals surface area contributed by atoms with Crippen LogP contribution < -0.4 is 52.6 Å². The highest BCUT2D eigenvalue weighted by Crippen LogP contribution is 2.56. The SMILES string of the molecule is COc1cc2cc(c1Cl)N(C)C(=O)C[C@H](OC(=O)Nc1ccc(NC(=O)[C@H](CCCNC(N)=O)NC(=O)[C@@H](NC(=S)NCCCCN3C(=O)C=CC3=O)C(C)C)cc1F)[C@]1(C)CC[C@H]1[C@H](C)[C@@H]1C[C@@](O)(NC(=O)O1)[C@H](OC)/C=C/C=C(\C)C2. The van der Waals surface area contributed by atoms with Crippen LogP contribution in [-0.2, 0) is 44.6 Å². The minimum absolute atomic E-state index is 0.0108. The molecule has 10 N–H and O–H groups in total. The number of fused-ring (bicyclic) bond motifs is 5. The standard InChI is InChI=1S/C57H76ClFN10O13S/c1-31(2)49(66-53(83)62-22-9-10-24-69-45(70)18-19-46(69)71)51(74)64-39(14-12-23-61-52(60)75)50(73)63-35-16-17-38(37(59)28-35)65-54(76)82-44-29-47(72)68(6)40-26-34(27-41(79-7)48(40)58)25-32(3)13-11-15-43(80-8)57(78)30-42(81-55(77)67-57)33(4)36-20-21-56(36,44)5/h11,13,15-19,26-28,31,33,36,39,42-44,49,78H,9-10,12,14,20-25,29-30H2,1-8H3,(H,63,73)(H,64,74)(H,65,76)(H,67,77)(H3,60,61,75)(H2,62,66,83)/b15-11+,32-13+/t33-,36-,39-,42-,43+,44-,49-,56+,57-/m0/s1. The number of nitrogens with two attached hydrogens (primary N) is 1. The van der Waals surface area contributed by atoms with Crippen molar-refractivity contribution in [2.45, 2.75) is 129 Å². The van der Waals surface area contributed by atoms with Crippen LogP contribution in [0.15, 0.2) is 66.3 Å². The molecule has 1 aliphatic carbocycles. The Balaban J connectivity index is 1.18. The molecule has 452 valence electrons. The Morgan fingerprint density at radius 3 is 2.35 bits per heavy atom. The third kappa shape index (κ3) is 16.7. The number of anilines is 3. The summed E-state index contributed by atoms with van der Waals surface area (Å²) < 4.78 is 39.4. The van der Waals surface area contributed by atoms with Crippen molar-refractivity contribution >= 4 is 93.7 Å². The van der Waals surface area contributed by atoms with Crippen molar-refractivity contribution < 1.29 is 66.8 Å². The number of alkyl carbamates (subject to hydrolysis) is 1. The van der Waals surface area contributed by atoms with Crippen LogP contribution in [0.2, 0.25) is 5.02 Å².